The first-order valence-corrected chi connectivity index (χ1v) is 7.19. The Morgan fingerprint density at radius 3 is 3.32 bits per heavy atom. The number of fused-ring (bicyclic) bond motifs is 1. The quantitative estimate of drug-likeness (QED) is 0.857. The molecule has 2 N–H and O–H groups in total. The number of aryl methyl sites for hydroxylation is 1. The van der Waals surface area contributed by atoms with Crippen molar-refractivity contribution < 1.29 is 9.53 Å². The smallest absolute Gasteiger partial charge is 0.223 e. The largest absolute Gasteiger partial charge is 0.381 e. The molecular weight excluding hydrogens is 242 g/mol. The lowest BCUT2D eigenvalue weighted by atomic mass is 9.87. The molecule has 5 nitrogen and oxygen atoms in total. The van der Waals surface area contributed by atoms with Crippen molar-refractivity contribution in [3.05, 3.63) is 17.5 Å². The lowest BCUT2D eigenvalue weighted by Gasteiger charge is -2.25. The molecule has 1 aliphatic heterocycles. The van der Waals surface area contributed by atoms with Crippen LogP contribution in [0.15, 0.2) is 6.20 Å². The van der Waals surface area contributed by atoms with E-state index in [0.29, 0.717) is 5.92 Å². The van der Waals surface area contributed by atoms with Gasteiger partial charge in [-0.25, -0.2) is 0 Å². The molecule has 0 bridgehead atoms. The van der Waals surface area contributed by atoms with Crippen molar-refractivity contribution in [1.29, 1.82) is 0 Å². The molecule has 1 aromatic rings. The van der Waals surface area contributed by atoms with Crippen molar-refractivity contribution in [3.8, 4) is 0 Å². The molecule has 5 heteroatoms. The van der Waals surface area contributed by atoms with Crippen LogP contribution in [0.4, 0.5) is 0 Å². The number of ether oxygens (including phenoxy) is 1. The van der Waals surface area contributed by atoms with Gasteiger partial charge < -0.3 is 10.1 Å². The van der Waals surface area contributed by atoms with Crippen molar-refractivity contribution in [2.75, 3.05) is 19.8 Å². The summed E-state index contributed by atoms with van der Waals surface area (Å²) in [5.74, 6) is 0.790. The van der Waals surface area contributed by atoms with E-state index in [0.717, 1.165) is 51.9 Å². The molecule has 0 saturated carbocycles. The molecule has 0 radical (unpaired) electrons. The fraction of sp³-hybridized carbons (Fsp3) is 0.714. The maximum Gasteiger partial charge on any atom is 0.223 e. The van der Waals surface area contributed by atoms with Gasteiger partial charge in [0.1, 0.15) is 0 Å². The van der Waals surface area contributed by atoms with E-state index in [1.807, 2.05) is 6.20 Å². The predicted molar refractivity (Wildman–Crippen MR) is 70.7 cm³/mol. The normalized spacial score (nSPS) is 26.7. The highest BCUT2D eigenvalue weighted by molar-refractivity contribution is 5.79. The molecule has 104 valence electrons. The Hall–Kier alpha value is -1.36. The fourth-order valence-electron chi connectivity index (χ4n) is 3.00. The molecule has 1 aliphatic carbocycles. The second kappa shape index (κ2) is 5.74. The molecule has 3 rings (SSSR count). The third-order valence-electron chi connectivity index (χ3n) is 4.21. The molecular formula is C14H21N3O2. The van der Waals surface area contributed by atoms with Gasteiger partial charge in [0.05, 0.1) is 12.8 Å². The molecule has 1 fully saturated rings. The number of carbonyl (C=O) groups is 1. The summed E-state index contributed by atoms with van der Waals surface area (Å²) in [5, 5.41) is 10.1. The summed E-state index contributed by atoms with van der Waals surface area (Å²) in [6, 6.07) is 0. The minimum Gasteiger partial charge on any atom is -0.381 e. The van der Waals surface area contributed by atoms with E-state index in [4.69, 9.17) is 4.74 Å². The lowest BCUT2D eigenvalue weighted by Crippen LogP contribution is -2.38. The van der Waals surface area contributed by atoms with Crippen molar-refractivity contribution in [1.82, 2.24) is 15.5 Å². The third-order valence-corrected chi connectivity index (χ3v) is 4.21. The van der Waals surface area contributed by atoms with E-state index in [-0.39, 0.29) is 11.8 Å². The van der Waals surface area contributed by atoms with E-state index in [1.54, 1.807) is 0 Å². The summed E-state index contributed by atoms with van der Waals surface area (Å²) in [7, 11) is 0. The van der Waals surface area contributed by atoms with Gasteiger partial charge in [0.25, 0.3) is 0 Å². The summed E-state index contributed by atoms with van der Waals surface area (Å²) in [4.78, 5) is 12.2. The Morgan fingerprint density at radius 2 is 2.47 bits per heavy atom. The molecule has 1 aromatic heterocycles. The zero-order chi connectivity index (χ0) is 13.1. The first kappa shape index (κ1) is 12.7. The number of H-pyrrole nitrogens is 1. The van der Waals surface area contributed by atoms with Gasteiger partial charge in [-0.15, -0.1) is 0 Å². The molecule has 2 heterocycles. The molecule has 1 saturated heterocycles. The number of carbonyl (C=O) groups excluding carboxylic acids is 1. The van der Waals surface area contributed by atoms with E-state index in [1.165, 1.54) is 11.3 Å². The minimum atomic E-state index is 0.106. The third kappa shape index (κ3) is 2.97. The van der Waals surface area contributed by atoms with Gasteiger partial charge in [0, 0.05) is 24.8 Å². The summed E-state index contributed by atoms with van der Waals surface area (Å²) < 4.78 is 5.43. The van der Waals surface area contributed by atoms with Crippen LogP contribution < -0.4 is 5.32 Å². The Labute approximate surface area is 113 Å². The Balaban J connectivity index is 1.48. The van der Waals surface area contributed by atoms with Crippen LogP contribution in [0.25, 0.3) is 0 Å². The average molecular weight is 263 g/mol. The summed E-state index contributed by atoms with van der Waals surface area (Å²) in [5.41, 5.74) is 2.40. The number of amides is 1. The first-order valence-electron chi connectivity index (χ1n) is 7.19. The highest BCUT2D eigenvalue weighted by Gasteiger charge is 2.26. The molecule has 0 spiro atoms. The van der Waals surface area contributed by atoms with Gasteiger partial charge in [0.2, 0.25) is 5.91 Å². The van der Waals surface area contributed by atoms with Gasteiger partial charge in [-0.1, -0.05) is 0 Å². The second-order valence-electron chi connectivity index (χ2n) is 5.64. The molecule has 19 heavy (non-hydrogen) atoms. The van der Waals surface area contributed by atoms with Crippen LogP contribution in [-0.2, 0) is 22.4 Å². The van der Waals surface area contributed by atoms with Crippen molar-refractivity contribution >= 4 is 5.91 Å². The number of nitrogens with one attached hydrogen (secondary N) is 2. The van der Waals surface area contributed by atoms with Gasteiger partial charge in [-0.05, 0) is 43.6 Å². The number of hydrogen-bond donors (Lipinski definition) is 2. The zero-order valence-electron chi connectivity index (χ0n) is 11.2. The van der Waals surface area contributed by atoms with Gasteiger partial charge in [0.15, 0.2) is 0 Å². The topological polar surface area (TPSA) is 67.0 Å². The lowest BCUT2D eigenvalue weighted by molar-refractivity contribution is -0.125. The zero-order valence-corrected chi connectivity index (χ0v) is 11.2. The number of hydrogen-bond acceptors (Lipinski definition) is 3. The second-order valence-corrected chi connectivity index (χ2v) is 5.64. The monoisotopic (exact) mass is 263 g/mol. The number of rotatable bonds is 3. The van der Waals surface area contributed by atoms with Gasteiger partial charge in [-0.3, -0.25) is 9.89 Å². The highest BCUT2D eigenvalue weighted by atomic mass is 16.5. The Morgan fingerprint density at radius 1 is 1.53 bits per heavy atom. The Kier molecular flexibility index (Phi) is 3.82. The van der Waals surface area contributed by atoms with Crippen LogP contribution >= 0.6 is 0 Å². The fourth-order valence-corrected chi connectivity index (χ4v) is 3.00. The maximum atomic E-state index is 12.2. The van der Waals surface area contributed by atoms with Gasteiger partial charge >= 0.3 is 0 Å². The molecule has 2 aliphatic rings. The van der Waals surface area contributed by atoms with Crippen LogP contribution in [0, 0.1) is 11.8 Å². The summed E-state index contributed by atoms with van der Waals surface area (Å²) >= 11 is 0. The standard InChI is InChI=1S/C14H21N3O2/c18-14(15-7-10-2-1-5-19-9-10)11-3-4-13-12(6-11)8-16-17-13/h8,10-11H,1-7,9H2,(H,15,18)(H,16,17). The average Bonchev–Trinajstić information content (AvgIpc) is 2.93. The van der Waals surface area contributed by atoms with Crippen LogP contribution in [0.5, 0.6) is 0 Å². The van der Waals surface area contributed by atoms with Gasteiger partial charge in [-0.2, -0.15) is 5.10 Å². The molecule has 1 amide bonds. The van der Waals surface area contributed by atoms with E-state index in [9.17, 15) is 4.79 Å². The maximum absolute atomic E-state index is 12.2. The molecule has 0 aromatic carbocycles. The highest BCUT2D eigenvalue weighted by Crippen LogP contribution is 2.24. The Bertz CT molecular complexity index is 438. The first-order chi connectivity index (χ1) is 9.33. The van der Waals surface area contributed by atoms with Crippen LogP contribution in [0.2, 0.25) is 0 Å². The van der Waals surface area contributed by atoms with Crippen molar-refractivity contribution in [2.45, 2.75) is 32.1 Å². The number of aromatic amines is 1. The number of aromatic nitrogens is 2. The van der Waals surface area contributed by atoms with Crippen LogP contribution in [0.3, 0.4) is 0 Å². The van der Waals surface area contributed by atoms with Crippen LogP contribution in [-0.4, -0.2) is 35.9 Å². The minimum absolute atomic E-state index is 0.106. The predicted octanol–water partition coefficient (Wildman–Crippen LogP) is 1.06. The van der Waals surface area contributed by atoms with Crippen LogP contribution in [0.1, 0.15) is 30.5 Å². The van der Waals surface area contributed by atoms with E-state index >= 15 is 0 Å². The molecule has 2 unspecified atom stereocenters. The summed E-state index contributed by atoms with van der Waals surface area (Å²) in [6.45, 7) is 2.42. The van der Waals surface area contributed by atoms with Crippen molar-refractivity contribution in [2.24, 2.45) is 11.8 Å². The molecule has 2 atom stereocenters. The van der Waals surface area contributed by atoms with E-state index < -0.39 is 0 Å². The SMILES string of the molecule is O=C(NCC1CCCOC1)C1CCc2[nH]ncc2C1. The van der Waals surface area contributed by atoms with Crippen molar-refractivity contribution in [3.63, 3.8) is 0 Å². The summed E-state index contributed by atoms with van der Waals surface area (Å²) in [6.07, 6.45) is 6.80. The van der Waals surface area contributed by atoms with E-state index in [2.05, 4.69) is 15.5 Å². The number of nitrogens with zero attached hydrogens (tertiary/aromatic N) is 1.